The van der Waals surface area contributed by atoms with Crippen LogP contribution >= 0.6 is 27.5 Å². The second-order valence-electron chi connectivity index (χ2n) is 5.10. The molecule has 25 heavy (non-hydrogen) atoms. The number of rotatable bonds is 4. The second kappa shape index (κ2) is 7.55. The summed E-state index contributed by atoms with van der Waals surface area (Å²) in [6.45, 7) is 0. The molecule has 7 heteroatoms. The van der Waals surface area contributed by atoms with E-state index in [1.54, 1.807) is 60.7 Å². The fourth-order valence-corrected chi connectivity index (χ4v) is 2.63. The molecule has 0 bridgehead atoms. The summed E-state index contributed by atoms with van der Waals surface area (Å²) in [5, 5.41) is 5.97. The Balaban J connectivity index is 1.72. The minimum atomic E-state index is -0.405. The fraction of sp³-hybridized carbons (Fsp3) is 0. The zero-order valence-electron chi connectivity index (χ0n) is 12.8. The predicted molar refractivity (Wildman–Crippen MR) is 100 cm³/mol. The lowest BCUT2D eigenvalue weighted by atomic mass is 10.1. The van der Waals surface area contributed by atoms with Crippen LogP contribution in [-0.4, -0.2) is 11.8 Å². The van der Waals surface area contributed by atoms with Gasteiger partial charge in [0.15, 0.2) is 10.4 Å². The molecule has 0 saturated heterocycles. The Hall–Kier alpha value is -2.57. The molecule has 0 spiro atoms. The van der Waals surface area contributed by atoms with Gasteiger partial charge in [0.1, 0.15) is 0 Å². The molecule has 5 nitrogen and oxygen atoms in total. The molecule has 3 aromatic rings. The van der Waals surface area contributed by atoms with E-state index in [0.717, 1.165) is 0 Å². The average molecular weight is 420 g/mol. The normalized spacial score (nSPS) is 10.3. The highest BCUT2D eigenvalue weighted by molar-refractivity contribution is 9.10. The number of amides is 2. The lowest BCUT2D eigenvalue weighted by molar-refractivity contribution is 0.0992. The van der Waals surface area contributed by atoms with Crippen molar-refractivity contribution in [3.63, 3.8) is 0 Å². The van der Waals surface area contributed by atoms with E-state index in [0.29, 0.717) is 26.6 Å². The summed E-state index contributed by atoms with van der Waals surface area (Å²) in [5.74, 6) is -0.544. The molecular formula is C18H12BrClN2O3. The summed E-state index contributed by atoms with van der Waals surface area (Å²) >= 11 is 9.05. The summed E-state index contributed by atoms with van der Waals surface area (Å²) in [6, 6.07) is 16.6. The lowest BCUT2D eigenvalue weighted by Crippen LogP contribution is -2.14. The molecule has 2 amide bonds. The number of halogens is 2. The van der Waals surface area contributed by atoms with Crippen molar-refractivity contribution in [1.82, 2.24) is 0 Å². The van der Waals surface area contributed by atoms with Crippen LogP contribution < -0.4 is 10.6 Å². The quantitative estimate of drug-likeness (QED) is 0.610. The van der Waals surface area contributed by atoms with Gasteiger partial charge >= 0.3 is 0 Å². The molecule has 0 saturated carbocycles. The van der Waals surface area contributed by atoms with Gasteiger partial charge in [0.2, 0.25) is 0 Å². The number of anilines is 2. The van der Waals surface area contributed by atoms with Crippen molar-refractivity contribution in [3.8, 4) is 0 Å². The molecule has 0 aliphatic heterocycles. The Kier molecular flexibility index (Phi) is 5.21. The van der Waals surface area contributed by atoms with Gasteiger partial charge in [-0.2, -0.15) is 0 Å². The van der Waals surface area contributed by atoms with Crippen molar-refractivity contribution >= 4 is 50.7 Å². The topological polar surface area (TPSA) is 71.3 Å². The van der Waals surface area contributed by atoms with Crippen LogP contribution in [0, 0.1) is 0 Å². The first-order chi connectivity index (χ1) is 12.0. The number of nitrogens with one attached hydrogen (secondary N) is 2. The Bertz CT molecular complexity index is 939. The van der Waals surface area contributed by atoms with Gasteiger partial charge in [0, 0.05) is 22.0 Å². The molecule has 0 fully saturated rings. The van der Waals surface area contributed by atoms with Crippen LogP contribution in [0.15, 0.2) is 69.8 Å². The van der Waals surface area contributed by atoms with E-state index in [-0.39, 0.29) is 11.7 Å². The first kappa shape index (κ1) is 17.3. The van der Waals surface area contributed by atoms with E-state index in [4.69, 9.17) is 16.0 Å². The minimum Gasteiger partial charge on any atom is -0.444 e. The van der Waals surface area contributed by atoms with Crippen molar-refractivity contribution in [1.29, 1.82) is 0 Å². The number of carbonyl (C=O) groups is 2. The molecule has 0 atom stereocenters. The monoisotopic (exact) mass is 418 g/mol. The van der Waals surface area contributed by atoms with Crippen molar-refractivity contribution in [2.45, 2.75) is 0 Å². The van der Waals surface area contributed by atoms with Gasteiger partial charge in [-0.3, -0.25) is 9.59 Å². The number of furan rings is 1. The van der Waals surface area contributed by atoms with Crippen molar-refractivity contribution in [3.05, 3.63) is 81.7 Å². The zero-order valence-corrected chi connectivity index (χ0v) is 15.1. The first-order valence-electron chi connectivity index (χ1n) is 7.25. The summed E-state index contributed by atoms with van der Waals surface area (Å²) in [5.41, 5.74) is 1.47. The number of hydrogen-bond donors (Lipinski definition) is 2. The maximum atomic E-state index is 12.3. The third-order valence-electron chi connectivity index (χ3n) is 3.26. The Morgan fingerprint density at radius 2 is 1.56 bits per heavy atom. The van der Waals surface area contributed by atoms with Gasteiger partial charge < -0.3 is 15.1 Å². The molecule has 2 N–H and O–H groups in total. The molecule has 0 unspecified atom stereocenters. The molecule has 1 aromatic heterocycles. The number of hydrogen-bond acceptors (Lipinski definition) is 3. The molecule has 126 valence electrons. The molecule has 0 radical (unpaired) electrons. The van der Waals surface area contributed by atoms with E-state index in [9.17, 15) is 9.59 Å². The zero-order chi connectivity index (χ0) is 17.8. The van der Waals surface area contributed by atoms with Gasteiger partial charge in [0.05, 0.1) is 0 Å². The van der Waals surface area contributed by atoms with E-state index in [1.165, 1.54) is 0 Å². The summed E-state index contributed by atoms with van der Waals surface area (Å²) in [6.07, 6.45) is 0. The van der Waals surface area contributed by atoms with E-state index in [1.807, 2.05) is 0 Å². The van der Waals surface area contributed by atoms with Crippen LogP contribution in [0.5, 0.6) is 0 Å². The second-order valence-corrected chi connectivity index (χ2v) is 6.32. The maximum Gasteiger partial charge on any atom is 0.291 e. The lowest BCUT2D eigenvalue weighted by Gasteiger charge is -2.08. The molecule has 1 heterocycles. The number of benzene rings is 2. The van der Waals surface area contributed by atoms with Gasteiger partial charge in [-0.25, -0.2) is 0 Å². The fourth-order valence-electron chi connectivity index (χ4n) is 2.14. The van der Waals surface area contributed by atoms with E-state index < -0.39 is 5.91 Å². The van der Waals surface area contributed by atoms with Gasteiger partial charge in [-0.1, -0.05) is 23.7 Å². The predicted octanol–water partition coefficient (Wildman–Crippen LogP) is 5.20. The van der Waals surface area contributed by atoms with Crippen LogP contribution in [0.1, 0.15) is 20.9 Å². The highest BCUT2D eigenvalue weighted by Gasteiger charge is 2.12. The molecular weight excluding hydrogens is 408 g/mol. The number of carbonyl (C=O) groups excluding carboxylic acids is 2. The third kappa shape index (κ3) is 4.49. The van der Waals surface area contributed by atoms with E-state index >= 15 is 0 Å². The van der Waals surface area contributed by atoms with Gasteiger partial charge in [-0.05, 0) is 64.5 Å². The summed E-state index contributed by atoms with van der Waals surface area (Å²) in [7, 11) is 0. The molecule has 0 aliphatic rings. The third-order valence-corrected chi connectivity index (χ3v) is 3.92. The highest BCUT2D eigenvalue weighted by atomic mass is 79.9. The minimum absolute atomic E-state index is 0.167. The van der Waals surface area contributed by atoms with Crippen molar-refractivity contribution in [2.24, 2.45) is 0 Å². The highest BCUT2D eigenvalue weighted by Crippen LogP contribution is 2.19. The first-order valence-corrected chi connectivity index (χ1v) is 8.42. The van der Waals surface area contributed by atoms with Gasteiger partial charge in [0.25, 0.3) is 11.8 Å². The van der Waals surface area contributed by atoms with E-state index in [2.05, 4.69) is 26.6 Å². The Morgan fingerprint density at radius 3 is 2.24 bits per heavy atom. The van der Waals surface area contributed by atoms with Crippen LogP contribution in [-0.2, 0) is 0 Å². The SMILES string of the molecule is O=C(Nc1cccc(Cl)c1)c1cccc(NC(=O)c2ccc(Br)o2)c1. The van der Waals surface area contributed by atoms with Crippen LogP contribution in [0.4, 0.5) is 11.4 Å². The maximum absolute atomic E-state index is 12.3. The molecule has 2 aromatic carbocycles. The summed E-state index contributed by atoms with van der Waals surface area (Å²) in [4.78, 5) is 24.4. The Labute approximate surface area is 157 Å². The standard InChI is InChI=1S/C18H12BrClN2O3/c19-16-8-7-15(25-16)18(24)22-13-5-1-3-11(9-13)17(23)21-14-6-2-4-12(20)10-14/h1-10H,(H,21,23)(H,22,24). The van der Waals surface area contributed by atoms with Gasteiger partial charge in [-0.15, -0.1) is 0 Å². The summed E-state index contributed by atoms with van der Waals surface area (Å²) < 4.78 is 5.66. The molecule has 3 rings (SSSR count). The van der Waals surface area contributed by atoms with Crippen molar-refractivity contribution < 1.29 is 14.0 Å². The molecule has 0 aliphatic carbocycles. The average Bonchev–Trinajstić information content (AvgIpc) is 3.02. The van der Waals surface area contributed by atoms with Crippen LogP contribution in [0.25, 0.3) is 0 Å². The van der Waals surface area contributed by atoms with Crippen molar-refractivity contribution in [2.75, 3.05) is 10.6 Å². The van der Waals surface area contributed by atoms with Crippen LogP contribution in [0.3, 0.4) is 0 Å². The van der Waals surface area contributed by atoms with Crippen LogP contribution in [0.2, 0.25) is 5.02 Å². The Morgan fingerprint density at radius 1 is 0.880 bits per heavy atom. The smallest absolute Gasteiger partial charge is 0.291 e. The largest absolute Gasteiger partial charge is 0.444 e.